The molecule has 0 radical (unpaired) electrons. The van der Waals surface area contributed by atoms with E-state index in [0.29, 0.717) is 5.92 Å². The summed E-state index contributed by atoms with van der Waals surface area (Å²) in [6.07, 6.45) is 4.06. The Kier molecular flexibility index (Phi) is 4.04. The summed E-state index contributed by atoms with van der Waals surface area (Å²) >= 11 is 0. The summed E-state index contributed by atoms with van der Waals surface area (Å²) in [4.78, 5) is 15.1. The molecule has 0 spiro atoms. The van der Waals surface area contributed by atoms with Crippen molar-refractivity contribution in [3.05, 3.63) is 65.9 Å². The number of para-hydroxylation sites is 1. The van der Waals surface area contributed by atoms with Crippen LogP contribution in [0.2, 0.25) is 0 Å². The maximum absolute atomic E-state index is 12.8. The molecule has 1 aliphatic carbocycles. The topological polar surface area (TPSA) is 70.2 Å². The van der Waals surface area contributed by atoms with Crippen LogP contribution in [0.25, 0.3) is 11.3 Å². The molecule has 1 amide bonds. The van der Waals surface area contributed by atoms with Crippen LogP contribution in [-0.2, 0) is 0 Å². The summed E-state index contributed by atoms with van der Waals surface area (Å²) in [7, 11) is 1.65. The smallest absolute Gasteiger partial charge is 0.255 e. The van der Waals surface area contributed by atoms with Gasteiger partial charge in [0.1, 0.15) is 11.9 Å². The number of aromatic amines is 1. The minimum atomic E-state index is -0.251. The number of nitrogens with one attached hydrogen (secondary N) is 2. The zero-order valence-electron chi connectivity index (χ0n) is 15.7. The normalized spacial score (nSPS) is 18.5. The van der Waals surface area contributed by atoms with Crippen molar-refractivity contribution in [2.75, 3.05) is 18.6 Å². The maximum Gasteiger partial charge on any atom is 0.255 e. The molecule has 0 saturated heterocycles. The van der Waals surface area contributed by atoms with Crippen LogP contribution in [0.5, 0.6) is 5.75 Å². The lowest BCUT2D eigenvalue weighted by Crippen LogP contribution is -2.47. The molecule has 1 aliphatic heterocycles. The van der Waals surface area contributed by atoms with Gasteiger partial charge in [-0.25, -0.2) is 0 Å². The van der Waals surface area contributed by atoms with Gasteiger partial charge in [-0.1, -0.05) is 12.1 Å². The fraction of sp³-hybridized carbons (Fsp3) is 0.273. The second-order valence-corrected chi connectivity index (χ2v) is 7.42. The number of hydrogen-bond donors (Lipinski definition) is 2. The lowest BCUT2D eigenvalue weighted by molar-refractivity contribution is 0.0926. The van der Waals surface area contributed by atoms with Gasteiger partial charge in [-0.3, -0.25) is 9.89 Å². The number of nitrogens with zero attached hydrogens (tertiary/aromatic N) is 2. The van der Waals surface area contributed by atoms with Crippen LogP contribution in [0, 0.1) is 5.92 Å². The number of fused-ring (bicyclic) bond motifs is 1. The fourth-order valence-corrected chi connectivity index (χ4v) is 3.85. The van der Waals surface area contributed by atoms with E-state index in [4.69, 9.17) is 4.74 Å². The number of methoxy groups -OCH3 is 1. The SMILES string of the molecule is COc1ccc(-c2[nH]ncc2C2NC(=O)c3ccccc3N2CC2CC2)cc1. The van der Waals surface area contributed by atoms with Crippen LogP contribution < -0.4 is 15.0 Å². The molecule has 2 heterocycles. The standard InChI is InChI=1S/C22H22N4O2/c1-28-16-10-8-15(9-11-16)20-18(12-23-25-20)21-24-22(27)17-4-2-3-5-19(17)26(21)13-14-6-7-14/h2-5,8-12,14,21H,6-7,13H2,1H3,(H,23,25)(H,24,27). The fourth-order valence-electron chi connectivity index (χ4n) is 3.85. The molecule has 142 valence electrons. The van der Waals surface area contributed by atoms with E-state index < -0.39 is 0 Å². The molecule has 28 heavy (non-hydrogen) atoms. The quantitative estimate of drug-likeness (QED) is 0.714. The maximum atomic E-state index is 12.8. The first kappa shape index (κ1) is 16.9. The molecule has 1 saturated carbocycles. The van der Waals surface area contributed by atoms with Gasteiger partial charge < -0.3 is 15.0 Å². The van der Waals surface area contributed by atoms with Crippen molar-refractivity contribution in [2.24, 2.45) is 5.92 Å². The summed E-state index contributed by atoms with van der Waals surface area (Å²) in [5.41, 5.74) is 4.61. The molecule has 6 nitrogen and oxygen atoms in total. The number of carbonyl (C=O) groups is 1. The number of H-pyrrole nitrogens is 1. The molecule has 1 fully saturated rings. The lowest BCUT2D eigenvalue weighted by atomic mass is 10.0. The van der Waals surface area contributed by atoms with Crippen molar-refractivity contribution in [1.82, 2.24) is 15.5 Å². The Morgan fingerprint density at radius 3 is 2.68 bits per heavy atom. The van der Waals surface area contributed by atoms with Crippen molar-refractivity contribution in [3.8, 4) is 17.0 Å². The van der Waals surface area contributed by atoms with Crippen molar-refractivity contribution in [2.45, 2.75) is 19.0 Å². The highest BCUT2D eigenvalue weighted by Crippen LogP contribution is 2.40. The van der Waals surface area contributed by atoms with E-state index in [2.05, 4.69) is 20.4 Å². The molecule has 1 unspecified atom stereocenters. The van der Waals surface area contributed by atoms with E-state index >= 15 is 0 Å². The third-order valence-corrected chi connectivity index (χ3v) is 5.53. The Morgan fingerprint density at radius 1 is 1.14 bits per heavy atom. The average Bonchev–Trinajstić information content (AvgIpc) is 3.43. The minimum absolute atomic E-state index is 0.0467. The Bertz CT molecular complexity index is 1010. The van der Waals surface area contributed by atoms with E-state index in [9.17, 15) is 4.79 Å². The first-order valence-corrected chi connectivity index (χ1v) is 9.59. The second kappa shape index (κ2) is 6.71. The zero-order chi connectivity index (χ0) is 19.1. The molecule has 6 heteroatoms. The molecule has 1 aromatic heterocycles. The molecule has 5 rings (SSSR count). The van der Waals surface area contributed by atoms with Gasteiger partial charge in [-0.05, 0) is 55.2 Å². The summed E-state index contributed by atoms with van der Waals surface area (Å²) in [5.74, 6) is 1.44. The monoisotopic (exact) mass is 374 g/mol. The molecule has 2 aliphatic rings. The summed E-state index contributed by atoms with van der Waals surface area (Å²) in [6.45, 7) is 0.926. The van der Waals surface area contributed by atoms with Gasteiger partial charge in [0.05, 0.1) is 30.3 Å². The molecule has 2 aromatic carbocycles. The van der Waals surface area contributed by atoms with Gasteiger partial charge >= 0.3 is 0 Å². The van der Waals surface area contributed by atoms with Crippen LogP contribution in [0.3, 0.4) is 0 Å². The predicted molar refractivity (Wildman–Crippen MR) is 107 cm³/mol. The van der Waals surface area contributed by atoms with Crippen LogP contribution in [0.4, 0.5) is 5.69 Å². The Morgan fingerprint density at radius 2 is 1.93 bits per heavy atom. The highest BCUT2D eigenvalue weighted by Gasteiger charge is 2.36. The van der Waals surface area contributed by atoms with Crippen molar-refractivity contribution in [3.63, 3.8) is 0 Å². The summed E-state index contributed by atoms with van der Waals surface area (Å²) in [6, 6.07) is 15.7. The average molecular weight is 374 g/mol. The first-order chi connectivity index (χ1) is 13.7. The van der Waals surface area contributed by atoms with Gasteiger partial charge in [-0.2, -0.15) is 5.10 Å². The Hall–Kier alpha value is -3.28. The third kappa shape index (κ3) is 2.91. The number of ether oxygens (including phenoxy) is 1. The molecule has 0 bridgehead atoms. The van der Waals surface area contributed by atoms with Gasteiger partial charge in [0.15, 0.2) is 0 Å². The van der Waals surface area contributed by atoms with Gasteiger partial charge in [0, 0.05) is 17.7 Å². The molecule has 3 aromatic rings. The van der Waals surface area contributed by atoms with Crippen LogP contribution in [-0.4, -0.2) is 29.8 Å². The van der Waals surface area contributed by atoms with E-state index in [1.165, 1.54) is 12.8 Å². The van der Waals surface area contributed by atoms with Gasteiger partial charge in [0.2, 0.25) is 0 Å². The minimum Gasteiger partial charge on any atom is -0.497 e. The summed E-state index contributed by atoms with van der Waals surface area (Å²) in [5, 5.41) is 10.6. The number of rotatable bonds is 5. The van der Waals surface area contributed by atoms with Crippen molar-refractivity contribution < 1.29 is 9.53 Å². The third-order valence-electron chi connectivity index (χ3n) is 5.53. The number of anilines is 1. The Balaban J connectivity index is 1.56. The Labute approximate surface area is 163 Å². The first-order valence-electron chi connectivity index (χ1n) is 9.59. The highest BCUT2D eigenvalue weighted by atomic mass is 16.5. The molecular weight excluding hydrogens is 352 g/mol. The summed E-state index contributed by atoms with van der Waals surface area (Å²) < 4.78 is 5.26. The van der Waals surface area contributed by atoms with Crippen molar-refractivity contribution >= 4 is 11.6 Å². The van der Waals surface area contributed by atoms with Gasteiger partial charge in [-0.15, -0.1) is 0 Å². The predicted octanol–water partition coefficient (Wildman–Crippen LogP) is 3.74. The van der Waals surface area contributed by atoms with Gasteiger partial charge in [0.25, 0.3) is 5.91 Å². The van der Waals surface area contributed by atoms with E-state index in [-0.39, 0.29) is 12.1 Å². The zero-order valence-corrected chi connectivity index (χ0v) is 15.7. The molecular formula is C22H22N4O2. The van der Waals surface area contributed by atoms with Crippen LogP contribution in [0.15, 0.2) is 54.7 Å². The number of carbonyl (C=O) groups excluding carboxylic acids is 1. The second-order valence-electron chi connectivity index (χ2n) is 7.42. The largest absolute Gasteiger partial charge is 0.497 e. The van der Waals surface area contributed by atoms with E-state index in [1.807, 2.05) is 54.7 Å². The van der Waals surface area contributed by atoms with Crippen molar-refractivity contribution in [1.29, 1.82) is 0 Å². The number of hydrogen-bond acceptors (Lipinski definition) is 4. The molecule has 1 atom stereocenters. The number of benzene rings is 2. The molecule has 2 N–H and O–H groups in total. The number of amides is 1. The highest BCUT2D eigenvalue weighted by molar-refractivity contribution is 6.02. The van der Waals surface area contributed by atoms with E-state index in [0.717, 1.165) is 40.4 Å². The lowest BCUT2D eigenvalue weighted by Gasteiger charge is -2.39. The van der Waals surface area contributed by atoms with E-state index in [1.54, 1.807) is 7.11 Å². The van der Waals surface area contributed by atoms with Crippen LogP contribution >= 0.6 is 0 Å². The van der Waals surface area contributed by atoms with Crippen LogP contribution in [0.1, 0.15) is 34.9 Å². The number of aromatic nitrogens is 2.